The first-order valence-corrected chi connectivity index (χ1v) is 12.8. The number of piperazine rings is 1. The third kappa shape index (κ3) is 6.69. The summed E-state index contributed by atoms with van der Waals surface area (Å²) in [5.74, 6) is 0.230. The minimum absolute atomic E-state index is 0. The van der Waals surface area contributed by atoms with Crippen LogP contribution in [0.2, 0.25) is 0 Å². The summed E-state index contributed by atoms with van der Waals surface area (Å²) in [4.78, 5) is 12.4. The highest BCUT2D eigenvalue weighted by Gasteiger charge is 2.35. The number of nitrogens with zero attached hydrogens (tertiary/aromatic N) is 4. The van der Waals surface area contributed by atoms with Gasteiger partial charge in [0.05, 0.1) is 17.9 Å². The van der Waals surface area contributed by atoms with Gasteiger partial charge >= 0.3 is 6.18 Å². The van der Waals surface area contributed by atoms with E-state index in [9.17, 15) is 21.6 Å². The molecule has 0 amide bonds. The van der Waals surface area contributed by atoms with E-state index in [4.69, 9.17) is 5.11 Å². The lowest BCUT2D eigenvalue weighted by Gasteiger charge is -2.35. The fraction of sp³-hybridized carbons (Fsp3) is 0.333. The maximum atomic E-state index is 13.7. The second kappa shape index (κ2) is 11.6. The van der Waals surface area contributed by atoms with Crippen LogP contribution in [0, 0.1) is 6.92 Å². The summed E-state index contributed by atoms with van der Waals surface area (Å²) in [7, 11) is -4.23. The van der Waals surface area contributed by atoms with Crippen molar-refractivity contribution in [1.82, 2.24) is 14.9 Å². The molecule has 0 radical (unpaired) electrons. The minimum Gasteiger partial charge on any atom is -0.395 e. The summed E-state index contributed by atoms with van der Waals surface area (Å²) in [5, 5.41) is 8.83. The van der Waals surface area contributed by atoms with Gasteiger partial charge in [0.15, 0.2) is 5.03 Å². The van der Waals surface area contributed by atoms with Gasteiger partial charge in [0.2, 0.25) is 0 Å². The molecule has 200 valence electrons. The lowest BCUT2D eigenvalue weighted by atomic mass is 10.0. The van der Waals surface area contributed by atoms with Crippen LogP contribution >= 0.6 is 12.4 Å². The van der Waals surface area contributed by atoms with Gasteiger partial charge in [0, 0.05) is 38.3 Å². The zero-order valence-electron chi connectivity index (χ0n) is 19.9. The van der Waals surface area contributed by atoms with Crippen molar-refractivity contribution in [3.05, 3.63) is 65.7 Å². The number of rotatable bonds is 7. The van der Waals surface area contributed by atoms with E-state index in [0.29, 0.717) is 44.1 Å². The Hall–Kier alpha value is -2.93. The molecular weight excluding hydrogens is 531 g/mol. The highest BCUT2D eigenvalue weighted by atomic mass is 35.5. The largest absolute Gasteiger partial charge is 0.418 e. The predicted molar refractivity (Wildman–Crippen MR) is 137 cm³/mol. The zero-order chi connectivity index (χ0) is 25.9. The van der Waals surface area contributed by atoms with Crippen LogP contribution in [-0.4, -0.2) is 67.7 Å². The molecule has 2 aromatic heterocycles. The Balaban J connectivity index is 0.00000380. The number of hydrogen-bond acceptors (Lipinski definition) is 7. The van der Waals surface area contributed by atoms with Crippen molar-refractivity contribution >= 4 is 34.1 Å². The number of aryl methyl sites for hydroxylation is 1. The van der Waals surface area contributed by atoms with Crippen molar-refractivity contribution in [2.24, 2.45) is 0 Å². The SMILES string of the molecule is Cc1ccccc1-c1nc(NS(=O)(=O)c2cccc(N3CCN(CCO)CC3)n2)ccc1C(F)(F)F.Cl. The van der Waals surface area contributed by atoms with Gasteiger partial charge in [-0.2, -0.15) is 21.6 Å². The molecular formula is C24H27ClF3N5O3S. The second-order valence-corrected chi connectivity index (χ2v) is 10.0. The average molecular weight is 558 g/mol. The smallest absolute Gasteiger partial charge is 0.395 e. The lowest BCUT2D eigenvalue weighted by Crippen LogP contribution is -2.47. The quantitative estimate of drug-likeness (QED) is 0.456. The molecule has 8 nitrogen and oxygen atoms in total. The van der Waals surface area contributed by atoms with E-state index in [-0.39, 0.29) is 41.1 Å². The molecule has 0 atom stereocenters. The number of pyridine rings is 2. The van der Waals surface area contributed by atoms with Crippen molar-refractivity contribution in [3.8, 4) is 11.3 Å². The van der Waals surface area contributed by atoms with Crippen molar-refractivity contribution in [3.63, 3.8) is 0 Å². The number of nitrogens with one attached hydrogen (secondary N) is 1. The molecule has 13 heteroatoms. The molecule has 1 aliphatic rings. The number of aliphatic hydroxyl groups is 1. The Morgan fingerprint density at radius 1 is 0.973 bits per heavy atom. The first kappa shape index (κ1) is 28.6. The fourth-order valence-electron chi connectivity index (χ4n) is 4.05. The number of anilines is 2. The van der Waals surface area contributed by atoms with Gasteiger partial charge in [-0.15, -0.1) is 12.4 Å². The second-order valence-electron chi connectivity index (χ2n) is 8.40. The van der Waals surface area contributed by atoms with Crippen LogP contribution in [0.25, 0.3) is 11.3 Å². The Morgan fingerprint density at radius 3 is 2.32 bits per heavy atom. The molecule has 0 bridgehead atoms. The Kier molecular flexibility index (Phi) is 9.00. The van der Waals surface area contributed by atoms with Crippen LogP contribution < -0.4 is 9.62 Å². The zero-order valence-corrected chi connectivity index (χ0v) is 21.6. The molecule has 2 N–H and O–H groups in total. The molecule has 4 rings (SSSR count). The molecule has 0 aliphatic carbocycles. The molecule has 3 aromatic rings. The van der Waals surface area contributed by atoms with Crippen molar-refractivity contribution in [2.45, 2.75) is 18.1 Å². The fourth-order valence-corrected chi connectivity index (χ4v) is 5.02. The van der Waals surface area contributed by atoms with E-state index in [0.717, 1.165) is 12.1 Å². The summed E-state index contributed by atoms with van der Waals surface area (Å²) in [6.07, 6.45) is -4.67. The van der Waals surface area contributed by atoms with Gasteiger partial charge in [0.1, 0.15) is 11.6 Å². The number of aliphatic hydroxyl groups excluding tert-OH is 1. The predicted octanol–water partition coefficient (Wildman–Crippen LogP) is 3.81. The molecule has 0 unspecified atom stereocenters. The van der Waals surface area contributed by atoms with Gasteiger partial charge in [-0.25, -0.2) is 9.97 Å². The van der Waals surface area contributed by atoms with E-state index in [2.05, 4.69) is 19.6 Å². The normalized spacial score (nSPS) is 14.8. The van der Waals surface area contributed by atoms with E-state index in [1.54, 1.807) is 37.3 Å². The third-order valence-electron chi connectivity index (χ3n) is 5.94. The van der Waals surface area contributed by atoms with E-state index >= 15 is 0 Å². The number of sulfonamides is 1. The van der Waals surface area contributed by atoms with Crippen LogP contribution in [0.15, 0.2) is 59.6 Å². The van der Waals surface area contributed by atoms with E-state index in [1.165, 1.54) is 12.1 Å². The van der Waals surface area contributed by atoms with E-state index in [1.807, 2.05) is 4.90 Å². The summed E-state index contributed by atoms with van der Waals surface area (Å²) in [6.45, 7) is 4.94. The topological polar surface area (TPSA) is 98.7 Å². The Bertz CT molecular complexity index is 1330. The average Bonchev–Trinajstić information content (AvgIpc) is 2.84. The number of β-amino-alcohol motifs (C(OH)–C–C–N with tert-alkyl or cyclic N) is 1. The highest BCUT2D eigenvalue weighted by Crippen LogP contribution is 2.38. The molecule has 1 aromatic carbocycles. The van der Waals surface area contributed by atoms with Crippen LogP contribution in [0.3, 0.4) is 0 Å². The van der Waals surface area contributed by atoms with Gasteiger partial charge in [0.25, 0.3) is 10.0 Å². The van der Waals surface area contributed by atoms with Crippen LogP contribution in [0.1, 0.15) is 11.1 Å². The number of aromatic nitrogens is 2. The number of benzene rings is 1. The third-order valence-corrected chi connectivity index (χ3v) is 7.19. The lowest BCUT2D eigenvalue weighted by molar-refractivity contribution is -0.137. The molecule has 0 saturated carbocycles. The van der Waals surface area contributed by atoms with E-state index < -0.39 is 21.8 Å². The summed E-state index contributed by atoms with van der Waals surface area (Å²) in [6, 6.07) is 12.9. The van der Waals surface area contributed by atoms with Crippen molar-refractivity contribution in [1.29, 1.82) is 0 Å². The Morgan fingerprint density at radius 2 is 1.68 bits per heavy atom. The van der Waals surface area contributed by atoms with Crippen molar-refractivity contribution < 1.29 is 26.7 Å². The first-order valence-electron chi connectivity index (χ1n) is 11.3. The van der Waals surface area contributed by atoms with Crippen molar-refractivity contribution in [2.75, 3.05) is 49.0 Å². The molecule has 3 heterocycles. The van der Waals surface area contributed by atoms with Crippen LogP contribution in [-0.2, 0) is 16.2 Å². The summed E-state index contributed by atoms with van der Waals surface area (Å²) < 4.78 is 69.5. The molecule has 1 aliphatic heterocycles. The summed E-state index contributed by atoms with van der Waals surface area (Å²) in [5.41, 5.74) is -0.487. The number of halogens is 4. The monoisotopic (exact) mass is 557 g/mol. The van der Waals surface area contributed by atoms with Gasteiger partial charge in [-0.3, -0.25) is 9.62 Å². The molecule has 0 spiro atoms. The number of hydrogen-bond donors (Lipinski definition) is 2. The van der Waals surface area contributed by atoms with Crippen LogP contribution in [0.4, 0.5) is 24.8 Å². The Labute approximate surface area is 219 Å². The minimum atomic E-state index is -4.67. The summed E-state index contributed by atoms with van der Waals surface area (Å²) >= 11 is 0. The number of alkyl halides is 3. The maximum Gasteiger partial charge on any atom is 0.418 e. The van der Waals surface area contributed by atoms with Gasteiger partial charge < -0.3 is 10.0 Å². The molecule has 1 saturated heterocycles. The standard InChI is InChI=1S/C24H26F3N5O3S.ClH/c1-17-5-2-3-6-18(17)23-19(24(25,26)27)9-10-20(28-23)30-36(34,35)22-8-4-7-21(29-22)32-13-11-31(12-14-32)15-16-33;/h2-10,33H,11-16H2,1H3,(H,28,30);1H. The molecule has 37 heavy (non-hydrogen) atoms. The molecule has 1 fully saturated rings. The van der Waals surface area contributed by atoms with Gasteiger partial charge in [-0.05, 0) is 36.8 Å². The maximum absolute atomic E-state index is 13.7. The first-order chi connectivity index (χ1) is 17.1. The highest BCUT2D eigenvalue weighted by molar-refractivity contribution is 7.92. The van der Waals surface area contributed by atoms with Gasteiger partial charge in [-0.1, -0.05) is 30.3 Å². The van der Waals surface area contributed by atoms with Crippen LogP contribution in [0.5, 0.6) is 0 Å².